The minimum atomic E-state index is -3.10. The molecule has 6 heteroatoms. The zero-order chi connectivity index (χ0) is 22.0. The van der Waals surface area contributed by atoms with Gasteiger partial charge in [0, 0.05) is 23.5 Å². The van der Waals surface area contributed by atoms with Crippen molar-refractivity contribution in [1.29, 1.82) is 0 Å². The lowest BCUT2D eigenvalue weighted by molar-refractivity contribution is -0.133. The molecule has 1 aliphatic heterocycles. The summed E-state index contributed by atoms with van der Waals surface area (Å²) < 4.78 is 29.9. The molecular weight excluding hydrogens is 410 g/mol. The summed E-state index contributed by atoms with van der Waals surface area (Å²) in [4.78, 5) is 15.2. The van der Waals surface area contributed by atoms with Crippen LogP contribution in [0.3, 0.4) is 0 Å². The monoisotopic (exact) mass is 439 g/mol. The highest BCUT2D eigenvalue weighted by Gasteiger charge is 2.34. The third-order valence-electron chi connectivity index (χ3n) is 6.22. The highest BCUT2D eigenvalue weighted by Crippen LogP contribution is 2.26. The van der Waals surface area contributed by atoms with Crippen LogP contribution in [0.5, 0.6) is 0 Å². The summed E-state index contributed by atoms with van der Waals surface area (Å²) in [6, 6.07) is 14.0. The van der Waals surface area contributed by atoms with Gasteiger partial charge in [0.1, 0.15) is 5.58 Å². The zero-order valence-electron chi connectivity index (χ0n) is 18.1. The summed E-state index contributed by atoms with van der Waals surface area (Å²) in [5.74, 6) is 0.120. The molecule has 0 radical (unpaired) electrons. The summed E-state index contributed by atoms with van der Waals surface area (Å²) in [5, 5.41) is 0.957. The van der Waals surface area contributed by atoms with Gasteiger partial charge in [-0.3, -0.25) is 4.79 Å². The lowest BCUT2D eigenvalue weighted by Gasteiger charge is -2.28. The van der Waals surface area contributed by atoms with Gasteiger partial charge in [-0.15, -0.1) is 0 Å². The lowest BCUT2D eigenvalue weighted by Crippen LogP contribution is -2.41. The third-order valence-corrected chi connectivity index (χ3v) is 7.97. The van der Waals surface area contributed by atoms with Crippen molar-refractivity contribution in [3.63, 3.8) is 0 Å². The van der Waals surface area contributed by atoms with Crippen molar-refractivity contribution in [1.82, 2.24) is 4.90 Å². The second-order valence-electron chi connectivity index (χ2n) is 8.37. The standard InChI is InChI=1S/C25H29NO4S/c1-3-18-5-7-20(8-6-18)15-26(22-11-12-31(28,29)17-22)25(27)14-21-16-30-24-10-9-19(4-2)13-23(21)24/h5-10,13,16,22H,3-4,11-12,14-15,17H2,1-2H3/t22-/m1/s1. The van der Waals surface area contributed by atoms with E-state index in [9.17, 15) is 13.2 Å². The summed E-state index contributed by atoms with van der Waals surface area (Å²) in [7, 11) is -3.10. The van der Waals surface area contributed by atoms with E-state index < -0.39 is 9.84 Å². The van der Waals surface area contributed by atoms with Crippen LogP contribution in [0, 0.1) is 0 Å². The van der Waals surface area contributed by atoms with Crippen molar-refractivity contribution in [3.8, 4) is 0 Å². The van der Waals surface area contributed by atoms with Gasteiger partial charge in [0.05, 0.1) is 24.2 Å². The third kappa shape index (κ3) is 4.85. The Morgan fingerprint density at radius 3 is 2.35 bits per heavy atom. The first-order valence-corrected chi connectivity index (χ1v) is 12.8. The van der Waals surface area contributed by atoms with Crippen molar-refractivity contribution >= 4 is 26.7 Å². The van der Waals surface area contributed by atoms with Gasteiger partial charge in [0.15, 0.2) is 9.84 Å². The number of aryl methyl sites for hydroxylation is 2. The van der Waals surface area contributed by atoms with Crippen LogP contribution in [-0.4, -0.2) is 36.8 Å². The summed E-state index contributed by atoms with van der Waals surface area (Å²) in [6.07, 6.45) is 4.21. The molecule has 164 valence electrons. The summed E-state index contributed by atoms with van der Waals surface area (Å²) >= 11 is 0. The fourth-order valence-electron chi connectivity index (χ4n) is 4.27. The highest BCUT2D eigenvalue weighted by atomic mass is 32.2. The molecule has 1 aliphatic rings. The van der Waals surface area contributed by atoms with Crippen LogP contribution in [0.1, 0.15) is 42.5 Å². The number of amides is 1. The van der Waals surface area contributed by atoms with E-state index in [4.69, 9.17) is 4.42 Å². The second-order valence-corrected chi connectivity index (χ2v) is 10.6. The van der Waals surface area contributed by atoms with E-state index in [2.05, 4.69) is 32.0 Å². The number of carbonyl (C=O) groups is 1. The van der Waals surface area contributed by atoms with E-state index >= 15 is 0 Å². The van der Waals surface area contributed by atoms with Crippen molar-refractivity contribution in [3.05, 3.63) is 71.0 Å². The van der Waals surface area contributed by atoms with Gasteiger partial charge >= 0.3 is 0 Å². The van der Waals surface area contributed by atoms with Gasteiger partial charge in [-0.25, -0.2) is 8.42 Å². The van der Waals surface area contributed by atoms with E-state index in [0.717, 1.165) is 34.9 Å². The molecule has 1 atom stereocenters. The molecular formula is C25H29NO4S. The number of sulfone groups is 1. The Hall–Kier alpha value is -2.60. The fraction of sp³-hybridized carbons (Fsp3) is 0.400. The number of fused-ring (bicyclic) bond motifs is 1. The molecule has 1 amide bonds. The number of benzene rings is 2. The SMILES string of the molecule is CCc1ccc(CN(C(=O)Cc2coc3ccc(CC)cc23)[C@@H]2CCS(=O)(=O)C2)cc1. The van der Waals surface area contributed by atoms with Crippen molar-refractivity contribution in [2.45, 2.75) is 52.1 Å². The second kappa shape index (κ2) is 8.87. The molecule has 0 bridgehead atoms. The topological polar surface area (TPSA) is 67.6 Å². The normalized spacial score (nSPS) is 17.8. The van der Waals surface area contributed by atoms with E-state index in [1.165, 1.54) is 11.1 Å². The van der Waals surface area contributed by atoms with E-state index in [1.54, 1.807) is 11.2 Å². The van der Waals surface area contributed by atoms with E-state index in [-0.39, 0.29) is 29.9 Å². The quantitative estimate of drug-likeness (QED) is 0.550. The molecule has 2 aromatic carbocycles. The average molecular weight is 440 g/mol. The number of hydrogen-bond acceptors (Lipinski definition) is 4. The number of carbonyl (C=O) groups excluding carboxylic acids is 1. The van der Waals surface area contributed by atoms with Crippen LogP contribution in [-0.2, 0) is 40.4 Å². The fourth-order valence-corrected chi connectivity index (χ4v) is 6.00. The van der Waals surface area contributed by atoms with Crippen molar-refractivity contribution in [2.75, 3.05) is 11.5 Å². The highest BCUT2D eigenvalue weighted by molar-refractivity contribution is 7.91. The van der Waals surface area contributed by atoms with Crippen molar-refractivity contribution in [2.24, 2.45) is 0 Å². The molecule has 1 saturated heterocycles. The number of rotatable bonds is 7. The first-order valence-electron chi connectivity index (χ1n) is 10.9. The lowest BCUT2D eigenvalue weighted by atomic mass is 10.0. The van der Waals surface area contributed by atoms with Crippen LogP contribution in [0.4, 0.5) is 0 Å². The van der Waals surface area contributed by atoms with Gasteiger partial charge in [-0.05, 0) is 48.1 Å². The van der Waals surface area contributed by atoms with Gasteiger partial charge in [0.25, 0.3) is 0 Å². The summed E-state index contributed by atoms with van der Waals surface area (Å²) in [5.41, 5.74) is 5.06. The molecule has 0 N–H and O–H groups in total. The minimum absolute atomic E-state index is 0.0396. The molecule has 2 heterocycles. The van der Waals surface area contributed by atoms with Crippen LogP contribution in [0.2, 0.25) is 0 Å². The predicted molar refractivity (Wildman–Crippen MR) is 123 cm³/mol. The van der Waals surface area contributed by atoms with E-state index in [0.29, 0.717) is 13.0 Å². The molecule has 0 aliphatic carbocycles. The van der Waals surface area contributed by atoms with Gasteiger partial charge in [-0.2, -0.15) is 0 Å². The van der Waals surface area contributed by atoms with Crippen LogP contribution in [0.15, 0.2) is 53.1 Å². The molecule has 1 aromatic heterocycles. The maximum Gasteiger partial charge on any atom is 0.227 e. The Kier molecular flexibility index (Phi) is 6.19. The molecule has 5 nitrogen and oxygen atoms in total. The maximum absolute atomic E-state index is 13.4. The van der Waals surface area contributed by atoms with E-state index in [1.807, 2.05) is 24.3 Å². The molecule has 3 aromatic rings. The van der Waals surface area contributed by atoms with Crippen molar-refractivity contribution < 1.29 is 17.6 Å². The Labute approximate surface area is 184 Å². The number of nitrogens with zero attached hydrogens (tertiary/aromatic N) is 1. The van der Waals surface area contributed by atoms with Gasteiger partial charge in [0.2, 0.25) is 5.91 Å². The molecule has 0 unspecified atom stereocenters. The zero-order valence-corrected chi connectivity index (χ0v) is 19.0. The largest absolute Gasteiger partial charge is 0.464 e. The first kappa shape index (κ1) is 21.6. The molecule has 1 fully saturated rings. The van der Waals surface area contributed by atoms with Crippen LogP contribution >= 0.6 is 0 Å². The maximum atomic E-state index is 13.4. The Morgan fingerprint density at radius 2 is 1.71 bits per heavy atom. The number of furan rings is 1. The Balaban J connectivity index is 1.60. The molecule has 0 saturated carbocycles. The van der Waals surface area contributed by atoms with Crippen LogP contribution in [0.25, 0.3) is 11.0 Å². The predicted octanol–water partition coefficient (Wildman–Crippen LogP) is 4.32. The van der Waals surface area contributed by atoms with Crippen LogP contribution < -0.4 is 0 Å². The Morgan fingerprint density at radius 1 is 1.03 bits per heavy atom. The van der Waals surface area contributed by atoms with Gasteiger partial charge in [-0.1, -0.05) is 44.2 Å². The minimum Gasteiger partial charge on any atom is -0.464 e. The molecule has 4 rings (SSSR count). The summed E-state index contributed by atoms with van der Waals surface area (Å²) in [6.45, 7) is 4.62. The Bertz CT molecular complexity index is 1180. The molecule has 31 heavy (non-hydrogen) atoms. The smallest absolute Gasteiger partial charge is 0.227 e. The average Bonchev–Trinajstić information content (AvgIpc) is 3.34. The first-order chi connectivity index (χ1) is 14.9. The molecule has 0 spiro atoms. The number of hydrogen-bond donors (Lipinski definition) is 0. The van der Waals surface area contributed by atoms with Gasteiger partial charge < -0.3 is 9.32 Å².